The maximum absolute atomic E-state index is 12.5. The Morgan fingerprint density at radius 2 is 1.92 bits per heavy atom. The SMILES string of the molecule is CC(Oc1ccc(Cl)cc1)C(=O)Nc1sc2c(c1C(N)=O)CCCC2. The van der Waals surface area contributed by atoms with Crippen molar-refractivity contribution in [3.05, 3.63) is 45.3 Å². The molecule has 132 valence electrons. The Bertz CT molecular complexity index is 801. The molecule has 1 heterocycles. The molecule has 3 N–H and O–H groups in total. The second-order valence-electron chi connectivity index (χ2n) is 5.98. The molecule has 1 aromatic carbocycles. The molecule has 2 aromatic rings. The molecular weight excluding hydrogens is 360 g/mol. The molecule has 1 unspecified atom stereocenters. The molecule has 25 heavy (non-hydrogen) atoms. The van der Waals surface area contributed by atoms with Crippen LogP contribution < -0.4 is 15.8 Å². The Hall–Kier alpha value is -2.05. The largest absolute Gasteiger partial charge is 0.481 e. The highest BCUT2D eigenvalue weighted by atomic mass is 35.5. The topological polar surface area (TPSA) is 81.4 Å². The fourth-order valence-corrected chi connectivity index (χ4v) is 4.32. The maximum Gasteiger partial charge on any atom is 0.265 e. The van der Waals surface area contributed by atoms with Crippen LogP contribution in [0.15, 0.2) is 24.3 Å². The summed E-state index contributed by atoms with van der Waals surface area (Å²) in [6.45, 7) is 1.65. The second-order valence-corrected chi connectivity index (χ2v) is 7.52. The minimum atomic E-state index is -0.721. The number of fused-ring (bicyclic) bond motifs is 1. The van der Waals surface area contributed by atoms with Gasteiger partial charge in [0.05, 0.1) is 5.56 Å². The molecule has 0 radical (unpaired) electrons. The summed E-state index contributed by atoms with van der Waals surface area (Å²) in [5.41, 5.74) is 6.99. The quantitative estimate of drug-likeness (QED) is 0.830. The van der Waals surface area contributed by atoms with Gasteiger partial charge in [-0.05, 0) is 62.4 Å². The van der Waals surface area contributed by atoms with Crippen LogP contribution in [0.3, 0.4) is 0 Å². The Labute approximate surface area is 155 Å². The van der Waals surface area contributed by atoms with Gasteiger partial charge in [0, 0.05) is 9.90 Å². The van der Waals surface area contributed by atoms with E-state index in [1.807, 2.05) is 0 Å². The number of ether oxygens (including phenoxy) is 1. The number of carbonyl (C=O) groups excluding carboxylic acids is 2. The average Bonchev–Trinajstić information content (AvgIpc) is 2.94. The molecule has 0 bridgehead atoms. The van der Waals surface area contributed by atoms with Crippen molar-refractivity contribution in [1.29, 1.82) is 0 Å². The Balaban J connectivity index is 1.75. The first-order valence-corrected chi connectivity index (χ1v) is 9.32. The van der Waals surface area contributed by atoms with E-state index in [0.29, 0.717) is 21.3 Å². The normalized spacial score (nSPS) is 14.5. The number of primary amides is 1. The molecule has 0 aliphatic heterocycles. The van der Waals surface area contributed by atoms with Crippen molar-refractivity contribution in [2.24, 2.45) is 5.73 Å². The third-order valence-corrected chi connectivity index (χ3v) is 5.61. The first-order valence-electron chi connectivity index (χ1n) is 8.13. The minimum absolute atomic E-state index is 0.323. The van der Waals surface area contributed by atoms with Crippen LogP contribution in [-0.4, -0.2) is 17.9 Å². The number of rotatable bonds is 5. The lowest BCUT2D eigenvalue weighted by molar-refractivity contribution is -0.122. The van der Waals surface area contributed by atoms with Gasteiger partial charge in [-0.25, -0.2) is 0 Å². The van der Waals surface area contributed by atoms with Gasteiger partial charge >= 0.3 is 0 Å². The van der Waals surface area contributed by atoms with Crippen LogP contribution in [0.2, 0.25) is 5.02 Å². The molecule has 1 atom stereocenters. The van der Waals surface area contributed by atoms with Gasteiger partial charge in [-0.1, -0.05) is 11.6 Å². The highest BCUT2D eigenvalue weighted by Gasteiger charge is 2.26. The van der Waals surface area contributed by atoms with E-state index in [4.69, 9.17) is 22.1 Å². The first-order chi connectivity index (χ1) is 12.0. The molecule has 0 fully saturated rings. The summed E-state index contributed by atoms with van der Waals surface area (Å²) >= 11 is 7.28. The molecule has 7 heteroatoms. The predicted molar refractivity (Wildman–Crippen MR) is 99.7 cm³/mol. The number of aryl methyl sites for hydroxylation is 1. The number of carbonyl (C=O) groups is 2. The summed E-state index contributed by atoms with van der Waals surface area (Å²) in [6.07, 6.45) is 3.16. The van der Waals surface area contributed by atoms with E-state index in [-0.39, 0.29) is 5.91 Å². The fraction of sp³-hybridized carbons (Fsp3) is 0.333. The monoisotopic (exact) mass is 378 g/mol. The van der Waals surface area contributed by atoms with E-state index in [0.717, 1.165) is 36.1 Å². The van der Waals surface area contributed by atoms with Crippen molar-refractivity contribution in [3.8, 4) is 5.75 Å². The van der Waals surface area contributed by atoms with E-state index in [2.05, 4.69) is 5.32 Å². The number of hydrogen-bond donors (Lipinski definition) is 2. The lowest BCUT2D eigenvalue weighted by Crippen LogP contribution is -2.30. The van der Waals surface area contributed by atoms with Crippen molar-refractivity contribution < 1.29 is 14.3 Å². The third-order valence-electron chi connectivity index (χ3n) is 4.15. The molecule has 1 aliphatic carbocycles. The zero-order valence-corrected chi connectivity index (χ0v) is 15.4. The smallest absolute Gasteiger partial charge is 0.265 e. The number of nitrogens with one attached hydrogen (secondary N) is 1. The van der Waals surface area contributed by atoms with Crippen LogP contribution in [0, 0.1) is 0 Å². The zero-order valence-electron chi connectivity index (χ0n) is 13.8. The van der Waals surface area contributed by atoms with Crippen molar-refractivity contribution >= 4 is 39.8 Å². The average molecular weight is 379 g/mol. The summed E-state index contributed by atoms with van der Waals surface area (Å²) in [5, 5.41) is 3.93. The van der Waals surface area contributed by atoms with Gasteiger partial charge in [0.15, 0.2) is 6.10 Å². The van der Waals surface area contributed by atoms with Crippen LogP contribution in [-0.2, 0) is 17.6 Å². The highest BCUT2D eigenvalue weighted by Crippen LogP contribution is 2.38. The highest BCUT2D eigenvalue weighted by molar-refractivity contribution is 7.17. The van der Waals surface area contributed by atoms with Gasteiger partial charge in [0.25, 0.3) is 11.8 Å². The van der Waals surface area contributed by atoms with Crippen LogP contribution in [0.4, 0.5) is 5.00 Å². The molecule has 1 aromatic heterocycles. The summed E-state index contributed by atoms with van der Waals surface area (Å²) in [5.74, 6) is -0.273. The van der Waals surface area contributed by atoms with E-state index in [1.54, 1.807) is 31.2 Å². The number of anilines is 1. The molecule has 3 rings (SSSR count). The number of nitrogens with two attached hydrogens (primary N) is 1. The number of benzene rings is 1. The first kappa shape index (κ1) is 17.8. The Morgan fingerprint density at radius 3 is 2.60 bits per heavy atom. The summed E-state index contributed by atoms with van der Waals surface area (Å²) < 4.78 is 5.62. The molecule has 0 saturated carbocycles. The maximum atomic E-state index is 12.5. The van der Waals surface area contributed by atoms with Gasteiger partial charge in [-0.3, -0.25) is 9.59 Å². The van der Waals surface area contributed by atoms with Gasteiger partial charge < -0.3 is 15.8 Å². The van der Waals surface area contributed by atoms with Crippen LogP contribution in [0.25, 0.3) is 0 Å². The van der Waals surface area contributed by atoms with Crippen molar-refractivity contribution in [2.45, 2.75) is 38.7 Å². The molecular formula is C18H19ClN2O3S. The third kappa shape index (κ3) is 3.96. The summed E-state index contributed by atoms with van der Waals surface area (Å²) in [7, 11) is 0. The van der Waals surface area contributed by atoms with E-state index >= 15 is 0 Å². The summed E-state index contributed by atoms with van der Waals surface area (Å²) in [6, 6.07) is 6.79. The predicted octanol–water partition coefficient (Wildman–Crippen LogP) is 3.79. The number of hydrogen-bond acceptors (Lipinski definition) is 4. The molecule has 0 saturated heterocycles. The van der Waals surface area contributed by atoms with E-state index in [9.17, 15) is 9.59 Å². The lowest BCUT2D eigenvalue weighted by atomic mass is 9.95. The second kappa shape index (κ2) is 7.45. The number of amides is 2. The van der Waals surface area contributed by atoms with Crippen LogP contribution in [0.5, 0.6) is 5.75 Å². The van der Waals surface area contributed by atoms with E-state index < -0.39 is 12.0 Å². The van der Waals surface area contributed by atoms with E-state index in [1.165, 1.54) is 11.3 Å². The summed E-state index contributed by atoms with van der Waals surface area (Å²) in [4.78, 5) is 25.5. The van der Waals surface area contributed by atoms with Gasteiger partial charge in [0.1, 0.15) is 10.8 Å². The minimum Gasteiger partial charge on any atom is -0.481 e. The number of halogens is 1. The van der Waals surface area contributed by atoms with Gasteiger partial charge in [0.2, 0.25) is 0 Å². The van der Waals surface area contributed by atoms with Crippen molar-refractivity contribution in [3.63, 3.8) is 0 Å². The molecule has 5 nitrogen and oxygen atoms in total. The van der Waals surface area contributed by atoms with Crippen molar-refractivity contribution in [1.82, 2.24) is 0 Å². The van der Waals surface area contributed by atoms with Crippen LogP contribution in [0.1, 0.15) is 40.6 Å². The number of thiophene rings is 1. The van der Waals surface area contributed by atoms with Crippen LogP contribution >= 0.6 is 22.9 Å². The fourth-order valence-electron chi connectivity index (χ4n) is 2.90. The molecule has 0 spiro atoms. The molecule has 1 aliphatic rings. The van der Waals surface area contributed by atoms with Crippen molar-refractivity contribution in [2.75, 3.05) is 5.32 Å². The standard InChI is InChI=1S/C18H19ClN2O3S/c1-10(24-12-8-6-11(19)7-9-12)17(23)21-18-15(16(20)22)13-4-2-3-5-14(13)25-18/h6-10H,2-5H2,1H3,(H2,20,22)(H,21,23). The molecule has 2 amide bonds. The zero-order chi connectivity index (χ0) is 18.0. The Morgan fingerprint density at radius 1 is 1.24 bits per heavy atom. The lowest BCUT2D eigenvalue weighted by Gasteiger charge is -2.15. The van der Waals surface area contributed by atoms with Gasteiger partial charge in [-0.2, -0.15) is 0 Å². The Kier molecular flexibility index (Phi) is 5.30. The van der Waals surface area contributed by atoms with Gasteiger partial charge in [-0.15, -0.1) is 11.3 Å².